The number of imide groups is 2. The molecule has 0 bridgehead atoms. The summed E-state index contributed by atoms with van der Waals surface area (Å²) in [4.78, 5) is 62.2. The highest BCUT2D eigenvalue weighted by Crippen LogP contribution is 2.32. The number of amides is 5. The summed E-state index contributed by atoms with van der Waals surface area (Å²) in [6.45, 7) is 0.570. The molecule has 9 heteroatoms. The first-order chi connectivity index (χ1) is 13.4. The van der Waals surface area contributed by atoms with Crippen LogP contribution in [0.3, 0.4) is 0 Å². The number of carbonyl (C=O) groups excluding carboxylic acids is 5. The number of carbonyl (C=O) groups is 5. The van der Waals surface area contributed by atoms with Gasteiger partial charge in [-0.05, 0) is 37.9 Å². The second kappa shape index (κ2) is 8.30. The van der Waals surface area contributed by atoms with E-state index in [0.29, 0.717) is 13.0 Å². The van der Waals surface area contributed by atoms with Crippen molar-refractivity contribution in [3.8, 4) is 0 Å². The second-order valence-electron chi connectivity index (χ2n) is 6.82. The Morgan fingerprint density at radius 3 is 2.64 bits per heavy atom. The van der Waals surface area contributed by atoms with E-state index in [1.54, 1.807) is 12.1 Å². The first kappa shape index (κ1) is 19.7. The number of benzene rings is 1. The van der Waals surface area contributed by atoms with E-state index in [1.807, 2.05) is 0 Å². The van der Waals surface area contributed by atoms with Crippen LogP contribution in [-0.4, -0.2) is 47.0 Å². The van der Waals surface area contributed by atoms with E-state index in [2.05, 4.69) is 10.6 Å². The van der Waals surface area contributed by atoms with Crippen molar-refractivity contribution in [1.82, 2.24) is 10.2 Å². The van der Waals surface area contributed by atoms with Crippen molar-refractivity contribution in [2.45, 2.75) is 44.6 Å². The number of hydrogen-bond donors (Lipinski definition) is 3. The number of unbranched alkanes of at least 4 members (excludes halogenated alkanes) is 2. The van der Waals surface area contributed by atoms with E-state index in [4.69, 9.17) is 5.73 Å². The Morgan fingerprint density at radius 1 is 1.14 bits per heavy atom. The van der Waals surface area contributed by atoms with Gasteiger partial charge in [-0.15, -0.1) is 0 Å². The zero-order chi connectivity index (χ0) is 20.3. The molecule has 1 atom stereocenters. The summed E-state index contributed by atoms with van der Waals surface area (Å²) < 4.78 is 0. The van der Waals surface area contributed by atoms with Crippen molar-refractivity contribution in [3.63, 3.8) is 0 Å². The molecule has 1 saturated heterocycles. The quantitative estimate of drug-likeness (QED) is 0.462. The van der Waals surface area contributed by atoms with Gasteiger partial charge >= 0.3 is 0 Å². The van der Waals surface area contributed by atoms with Crippen LogP contribution in [0.5, 0.6) is 0 Å². The SMILES string of the molecule is NCCCCCC(=O)Nc1cccc2c1C(=O)N([C@H]1CCC(=O)NC1=O)C2=O. The molecule has 9 nitrogen and oxygen atoms in total. The average Bonchev–Trinajstić information content (AvgIpc) is 2.91. The molecular weight excluding hydrogens is 364 g/mol. The van der Waals surface area contributed by atoms with Crippen LogP contribution in [0, 0.1) is 0 Å². The monoisotopic (exact) mass is 386 g/mol. The van der Waals surface area contributed by atoms with Crippen molar-refractivity contribution in [2.75, 3.05) is 11.9 Å². The minimum atomic E-state index is -1.04. The Hall–Kier alpha value is -3.07. The molecule has 2 aliphatic heterocycles. The van der Waals surface area contributed by atoms with Gasteiger partial charge in [0, 0.05) is 12.8 Å². The molecule has 2 heterocycles. The van der Waals surface area contributed by atoms with Gasteiger partial charge in [-0.25, -0.2) is 0 Å². The molecule has 4 N–H and O–H groups in total. The molecule has 5 amide bonds. The van der Waals surface area contributed by atoms with Crippen molar-refractivity contribution in [1.29, 1.82) is 0 Å². The summed E-state index contributed by atoms with van der Waals surface area (Å²) >= 11 is 0. The van der Waals surface area contributed by atoms with Gasteiger partial charge in [-0.3, -0.25) is 34.2 Å². The van der Waals surface area contributed by atoms with Gasteiger partial charge in [0.15, 0.2) is 0 Å². The molecule has 0 unspecified atom stereocenters. The van der Waals surface area contributed by atoms with Crippen molar-refractivity contribution in [3.05, 3.63) is 29.3 Å². The Kier molecular flexibility index (Phi) is 5.84. The Bertz CT molecular complexity index is 851. The van der Waals surface area contributed by atoms with E-state index >= 15 is 0 Å². The standard InChI is InChI=1S/C19H22N4O5/c20-10-3-1-2-7-14(24)21-12-6-4-5-11-16(12)19(28)23(18(11)27)13-8-9-15(25)22-17(13)26/h4-6,13H,1-3,7-10,20H2,(H,21,24)(H,22,25,26)/t13-/m0/s1. The van der Waals surface area contributed by atoms with Crippen LogP contribution < -0.4 is 16.4 Å². The number of hydrogen-bond acceptors (Lipinski definition) is 6. The Morgan fingerprint density at radius 2 is 1.93 bits per heavy atom. The molecule has 1 aromatic carbocycles. The number of anilines is 1. The molecular formula is C19H22N4O5. The number of piperidine rings is 1. The summed E-state index contributed by atoms with van der Waals surface area (Å²) in [5, 5.41) is 4.84. The van der Waals surface area contributed by atoms with Gasteiger partial charge in [0.05, 0.1) is 16.8 Å². The molecule has 1 aromatic rings. The van der Waals surface area contributed by atoms with Crippen LogP contribution in [-0.2, 0) is 14.4 Å². The summed E-state index contributed by atoms with van der Waals surface area (Å²) in [5.41, 5.74) is 5.89. The molecule has 148 valence electrons. The third-order valence-electron chi connectivity index (χ3n) is 4.85. The second-order valence-corrected chi connectivity index (χ2v) is 6.82. The maximum atomic E-state index is 12.9. The van der Waals surface area contributed by atoms with Gasteiger partial charge in [-0.2, -0.15) is 0 Å². The maximum Gasteiger partial charge on any atom is 0.264 e. The smallest absolute Gasteiger partial charge is 0.264 e. The topological polar surface area (TPSA) is 139 Å². The summed E-state index contributed by atoms with van der Waals surface area (Å²) in [6, 6.07) is 3.57. The minimum Gasteiger partial charge on any atom is -0.330 e. The van der Waals surface area contributed by atoms with Crippen LogP contribution in [0.2, 0.25) is 0 Å². The van der Waals surface area contributed by atoms with E-state index in [-0.39, 0.29) is 42.0 Å². The number of nitrogens with zero attached hydrogens (tertiary/aromatic N) is 1. The Balaban J connectivity index is 1.77. The van der Waals surface area contributed by atoms with Gasteiger partial charge < -0.3 is 11.1 Å². The zero-order valence-corrected chi connectivity index (χ0v) is 15.3. The van der Waals surface area contributed by atoms with E-state index in [9.17, 15) is 24.0 Å². The minimum absolute atomic E-state index is 0.0518. The predicted molar refractivity (Wildman–Crippen MR) is 99.3 cm³/mol. The van der Waals surface area contributed by atoms with Crippen molar-refractivity contribution < 1.29 is 24.0 Å². The molecule has 0 spiro atoms. The lowest BCUT2D eigenvalue weighted by Gasteiger charge is -2.27. The summed E-state index contributed by atoms with van der Waals surface area (Å²) in [6.07, 6.45) is 2.75. The molecule has 0 aliphatic carbocycles. The van der Waals surface area contributed by atoms with E-state index in [0.717, 1.165) is 17.7 Å². The Labute approximate surface area is 161 Å². The normalized spacial score (nSPS) is 18.9. The molecule has 0 saturated carbocycles. The lowest BCUT2D eigenvalue weighted by atomic mass is 10.0. The number of rotatable bonds is 7. The van der Waals surface area contributed by atoms with Gasteiger partial charge in [0.2, 0.25) is 17.7 Å². The van der Waals surface area contributed by atoms with Gasteiger partial charge in [-0.1, -0.05) is 12.5 Å². The fourth-order valence-corrected chi connectivity index (χ4v) is 3.44. The van der Waals surface area contributed by atoms with Crippen molar-refractivity contribution >= 4 is 35.2 Å². The molecule has 0 aromatic heterocycles. The van der Waals surface area contributed by atoms with Gasteiger partial charge in [0.25, 0.3) is 11.8 Å². The van der Waals surface area contributed by atoms with Gasteiger partial charge in [0.1, 0.15) is 6.04 Å². The fourth-order valence-electron chi connectivity index (χ4n) is 3.44. The number of nitrogens with two attached hydrogens (primary N) is 1. The highest BCUT2D eigenvalue weighted by Gasteiger charge is 2.45. The number of nitrogens with one attached hydrogen (secondary N) is 2. The molecule has 0 radical (unpaired) electrons. The summed E-state index contributed by atoms with van der Waals surface area (Å²) in [7, 11) is 0. The maximum absolute atomic E-state index is 12.9. The summed E-state index contributed by atoms with van der Waals surface area (Å²) in [5.74, 6) is -2.61. The molecule has 2 aliphatic rings. The van der Waals surface area contributed by atoms with E-state index < -0.39 is 29.7 Å². The van der Waals surface area contributed by atoms with Crippen molar-refractivity contribution in [2.24, 2.45) is 5.73 Å². The highest BCUT2D eigenvalue weighted by atomic mass is 16.2. The van der Waals surface area contributed by atoms with Crippen LogP contribution in [0.15, 0.2) is 18.2 Å². The lowest BCUT2D eigenvalue weighted by molar-refractivity contribution is -0.136. The highest BCUT2D eigenvalue weighted by molar-refractivity contribution is 6.26. The largest absolute Gasteiger partial charge is 0.330 e. The first-order valence-electron chi connectivity index (χ1n) is 9.28. The number of fused-ring (bicyclic) bond motifs is 1. The van der Waals surface area contributed by atoms with Crippen LogP contribution in [0.1, 0.15) is 59.2 Å². The third kappa shape index (κ3) is 3.79. The fraction of sp³-hybridized carbons (Fsp3) is 0.421. The van der Waals surface area contributed by atoms with Crippen LogP contribution in [0.4, 0.5) is 5.69 Å². The molecule has 3 rings (SSSR count). The molecule has 28 heavy (non-hydrogen) atoms. The van der Waals surface area contributed by atoms with Crippen LogP contribution in [0.25, 0.3) is 0 Å². The predicted octanol–water partition coefficient (Wildman–Crippen LogP) is 0.545. The third-order valence-corrected chi connectivity index (χ3v) is 4.85. The lowest BCUT2D eigenvalue weighted by Crippen LogP contribution is -2.54. The zero-order valence-electron chi connectivity index (χ0n) is 15.3. The first-order valence-corrected chi connectivity index (χ1v) is 9.28. The van der Waals surface area contributed by atoms with E-state index in [1.165, 1.54) is 6.07 Å². The average molecular weight is 386 g/mol. The van der Waals surface area contributed by atoms with Crippen LogP contribution >= 0.6 is 0 Å². The molecule has 1 fully saturated rings.